The summed E-state index contributed by atoms with van der Waals surface area (Å²) in [6, 6.07) is 16.6. The maximum Gasteiger partial charge on any atom is 0.0451 e. The standard InChI is InChI=1S/C17H19BrClNS/c1-2-16(20)17(12-7-9-14(18)10-8-12)21-11-13-5-3-4-6-15(13)19/h3-10,16-17H,2,11,20H2,1H3. The smallest absolute Gasteiger partial charge is 0.0451 e. The van der Waals surface area contributed by atoms with Crippen LogP contribution in [-0.4, -0.2) is 6.04 Å². The van der Waals surface area contributed by atoms with Crippen molar-refractivity contribution in [1.82, 2.24) is 0 Å². The lowest BCUT2D eigenvalue weighted by Crippen LogP contribution is -2.25. The van der Waals surface area contributed by atoms with Crippen molar-refractivity contribution < 1.29 is 0 Å². The number of halogens is 2. The summed E-state index contributed by atoms with van der Waals surface area (Å²) in [6.07, 6.45) is 0.955. The number of nitrogens with two attached hydrogens (primary N) is 1. The van der Waals surface area contributed by atoms with E-state index in [0.717, 1.165) is 27.2 Å². The SMILES string of the molecule is CCC(N)C(SCc1ccccc1Cl)c1ccc(Br)cc1. The van der Waals surface area contributed by atoms with Crippen LogP contribution >= 0.6 is 39.3 Å². The van der Waals surface area contributed by atoms with Crippen molar-refractivity contribution in [2.45, 2.75) is 30.4 Å². The van der Waals surface area contributed by atoms with Crippen molar-refractivity contribution in [3.63, 3.8) is 0 Å². The second-order valence-electron chi connectivity index (χ2n) is 4.95. The number of benzene rings is 2. The zero-order valence-electron chi connectivity index (χ0n) is 11.9. The van der Waals surface area contributed by atoms with Crippen LogP contribution in [0.1, 0.15) is 29.7 Å². The van der Waals surface area contributed by atoms with Gasteiger partial charge in [-0.05, 0) is 35.7 Å². The largest absolute Gasteiger partial charge is 0.326 e. The van der Waals surface area contributed by atoms with Crippen LogP contribution in [0.5, 0.6) is 0 Å². The molecule has 0 heterocycles. The molecule has 2 aromatic carbocycles. The number of hydrogen-bond donors (Lipinski definition) is 1. The van der Waals surface area contributed by atoms with Crippen LogP contribution < -0.4 is 5.73 Å². The Balaban J connectivity index is 2.14. The Labute approximate surface area is 144 Å². The van der Waals surface area contributed by atoms with Gasteiger partial charge in [-0.15, -0.1) is 11.8 Å². The van der Waals surface area contributed by atoms with Crippen LogP contribution in [0, 0.1) is 0 Å². The quantitative estimate of drug-likeness (QED) is 0.679. The van der Waals surface area contributed by atoms with Gasteiger partial charge < -0.3 is 5.73 Å². The Kier molecular flexibility index (Phi) is 6.62. The third-order valence-corrected chi connectivity index (χ3v) is 5.79. The molecule has 2 N–H and O–H groups in total. The molecule has 112 valence electrons. The minimum Gasteiger partial charge on any atom is -0.326 e. The summed E-state index contributed by atoms with van der Waals surface area (Å²) >= 11 is 11.6. The molecule has 2 aromatic rings. The van der Waals surface area contributed by atoms with E-state index in [4.69, 9.17) is 17.3 Å². The number of thioether (sulfide) groups is 1. The van der Waals surface area contributed by atoms with Gasteiger partial charge in [-0.2, -0.15) is 0 Å². The zero-order valence-corrected chi connectivity index (χ0v) is 15.1. The first kappa shape index (κ1) is 16.9. The van der Waals surface area contributed by atoms with Gasteiger partial charge in [-0.3, -0.25) is 0 Å². The molecule has 0 aliphatic rings. The molecule has 1 nitrogen and oxygen atoms in total. The maximum absolute atomic E-state index is 6.32. The molecule has 0 aromatic heterocycles. The molecular weight excluding hydrogens is 366 g/mol. The molecular formula is C17H19BrClNS. The molecule has 21 heavy (non-hydrogen) atoms. The zero-order chi connectivity index (χ0) is 15.2. The van der Waals surface area contributed by atoms with Gasteiger partial charge in [0.25, 0.3) is 0 Å². The van der Waals surface area contributed by atoms with Crippen LogP contribution in [0.4, 0.5) is 0 Å². The van der Waals surface area contributed by atoms with Crippen molar-refractivity contribution in [2.75, 3.05) is 0 Å². The highest BCUT2D eigenvalue weighted by molar-refractivity contribution is 9.10. The van der Waals surface area contributed by atoms with E-state index in [9.17, 15) is 0 Å². The first-order valence-corrected chi connectivity index (χ1v) is 9.20. The Morgan fingerprint density at radius 3 is 2.43 bits per heavy atom. The van der Waals surface area contributed by atoms with Crippen molar-refractivity contribution in [3.05, 3.63) is 69.2 Å². The molecule has 4 heteroatoms. The normalized spacial score (nSPS) is 13.9. The third kappa shape index (κ3) is 4.75. The lowest BCUT2D eigenvalue weighted by atomic mass is 10.0. The van der Waals surface area contributed by atoms with Crippen LogP contribution in [0.25, 0.3) is 0 Å². The highest BCUT2D eigenvalue weighted by Crippen LogP contribution is 2.36. The van der Waals surface area contributed by atoms with Gasteiger partial charge in [0.2, 0.25) is 0 Å². The van der Waals surface area contributed by atoms with Gasteiger partial charge >= 0.3 is 0 Å². The molecule has 0 aliphatic heterocycles. The fourth-order valence-corrected chi connectivity index (χ4v) is 4.07. The van der Waals surface area contributed by atoms with Gasteiger partial charge in [0.05, 0.1) is 0 Å². The predicted molar refractivity (Wildman–Crippen MR) is 97.9 cm³/mol. The Bertz CT molecular complexity index is 573. The summed E-state index contributed by atoms with van der Waals surface area (Å²) in [6.45, 7) is 2.13. The third-order valence-electron chi connectivity index (χ3n) is 3.44. The molecule has 0 amide bonds. The first-order chi connectivity index (χ1) is 10.1. The molecule has 0 aliphatic carbocycles. The average Bonchev–Trinajstić information content (AvgIpc) is 2.50. The number of rotatable bonds is 6. The minimum absolute atomic E-state index is 0.138. The molecule has 0 saturated heterocycles. The van der Waals surface area contributed by atoms with Crippen molar-refractivity contribution >= 4 is 39.3 Å². The van der Waals surface area contributed by atoms with E-state index in [2.05, 4.69) is 53.2 Å². The van der Waals surface area contributed by atoms with E-state index in [1.807, 2.05) is 30.0 Å². The number of hydrogen-bond acceptors (Lipinski definition) is 2. The predicted octanol–water partition coefficient (Wildman–Crippen LogP) is 5.81. The molecule has 0 fully saturated rings. The minimum atomic E-state index is 0.138. The van der Waals surface area contributed by atoms with Gasteiger partial charge in [0, 0.05) is 26.5 Å². The summed E-state index contributed by atoms with van der Waals surface area (Å²) in [7, 11) is 0. The molecule has 2 atom stereocenters. The molecule has 2 rings (SSSR count). The fraction of sp³-hybridized carbons (Fsp3) is 0.294. The second kappa shape index (κ2) is 8.23. The highest BCUT2D eigenvalue weighted by atomic mass is 79.9. The van der Waals surface area contributed by atoms with Crippen LogP contribution in [0.15, 0.2) is 53.0 Å². The summed E-state index contributed by atoms with van der Waals surface area (Å²) in [5, 5.41) is 1.10. The van der Waals surface area contributed by atoms with E-state index in [-0.39, 0.29) is 11.3 Å². The van der Waals surface area contributed by atoms with Gasteiger partial charge in [-0.25, -0.2) is 0 Å². The van der Waals surface area contributed by atoms with E-state index in [0.29, 0.717) is 0 Å². The maximum atomic E-state index is 6.32. The highest BCUT2D eigenvalue weighted by Gasteiger charge is 2.19. The first-order valence-electron chi connectivity index (χ1n) is 6.98. The summed E-state index contributed by atoms with van der Waals surface area (Å²) < 4.78 is 1.09. The second-order valence-corrected chi connectivity index (χ2v) is 7.40. The van der Waals surface area contributed by atoms with Crippen LogP contribution in [0.3, 0.4) is 0 Å². The summed E-state index contributed by atoms with van der Waals surface area (Å²) in [4.78, 5) is 0. The Morgan fingerprint density at radius 1 is 1.14 bits per heavy atom. The summed E-state index contributed by atoms with van der Waals surface area (Å²) in [5.41, 5.74) is 8.75. The molecule has 0 saturated carbocycles. The summed E-state index contributed by atoms with van der Waals surface area (Å²) in [5.74, 6) is 0.869. The molecule has 2 unspecified atom stereocenters. The Morgan fingerprint density at radius 2 is 1.81 bits per heavy atom. The van der Waals surface area contributed by atoms with Crippen molar-refractivity contribution in [2.24, 2.45) is 5.73 Å². The van der Waals surface area contributed by atoms with Crippen LogP contribution in [-0.2, 0) is 5.75 Å². The van der Waals surface area contributed by atoms with E-state index >= 15 is 0 Å². The van der Waals surface area contributed by atoms with Crippen LogP contribution in [0.2, 0.25) is 5.02 Å². The van der Waals surface area contributed by atoms with Gasteiger partial charge in [-0.1, -0.05) is 64.8 Å². The van der Waals surface area contributed by atoms with Gasteiger partial charge in [0.15, 0.2) is 0 Å². The fourth-order valence-electron chi connectivity index (χ4n) is 2.13. The average molecular weight is 385 g/mol. The van der Waals surface area contributed by atoms with Crippen molar-refractivity contribution in [1.29, 1.82) is 0 Å². The lowest BCUT2D eigenvalue weighted by Gasteiger charge is -2.23. The van der Waals surface area contributed by atoms with E-state index in [1.165, 1.54) is 5.56 Å². The molecule has 0 bridgehead atoms. The molecule has 0 radical (unpaired) electrons. The monoisotopic (exact) mass is 383 g/mol. The lowest BCUT2D eigenvalue weighted by molar-refractivity contribution is 0.634. The Hall–Kier alpha value is -0.480. The van der Waals surface area contributed by atoms with Crippen molar-refractivity contribution in [3.8, 4) is 0 Å². The molecule has 0 spiro atoms. The van der Waals surface area contributed by atoms with E-state index in [1.54, 1.807) is 0 Å². The topological polar surface area (TPSA) is 26.0 Å². The van der Waals surface area contributed by atoms with Gasteiger partial charge in [0.1, 0.15) is 0 Å². The van der Waals surface area contributed by atoms with E-state index < -0.39 is 0 Å².